The maximum Gasteiger partial charge on any atom is 0.574 e. The second kappa shape index (κ2) is 5.24. The molecular formula is C9H7F5N2O3. The molecular weight excluding hydrogens is 279 g/mol. The molecule has 106 valence electrons. The van der Waals surface area contributed by atoms with Crippen molar-refractivity contribution < 1.29 is 36.6 Å². The zero-order valence-electron chi connectivity index (χ0n) is 9.04. The van der Waals surface area contributed by atoms with Gasteiger partial charge in [0.15, 0.2) is 0 Å². The van der Waals surface area contributed by atoms with Crippen LogP contribution in [0.25, 0.3) is 0 Å². The predicted octanol–water partition coefficient (Wildman–Crippen LogP) is 2.13. The zero-order valence-corrected chi connectivity index (χ0v) is 9.04. The van der Waals surface area contributed by atoms with Gasteiger partial charge >= 0.3 is 12.3 Å². The van der Waals surface area contributed by atoms with Gasteiger partial charge in [-0.25, -0.2) is 8.78 Å². The van der Waals surface area contributed by atoms with Crippen LogP contribution in [-0.2, 0) is 11.2 Å². The van der Waals surface area contributed by atoms with Crippen LogP contribution in [0.4, 0.5) is 27.8 Å². The molecule has 0 saturated heterocycles. The molecule has 3 N–H and O–H groups in total. The highest BCUT2D eigenvalue weighted by Gasteiger charge is 2.34. The number of nitrogens with zero attached hydrogens (tertiary/aromatic N) is 1. The lowest BCUT2D eigenvalue weighted by atomic mass is 10.1. The Morgan fingerprint density at radius 1 is 1.47 bits per heavy atom. The predicted molar refractivity (Wildman–Crippen MR) is 51.6 cm³/mol. The number of halogens is 5. The van der Waals surface area contributed by atoms with Crippen molar-refractivity contribution in [3.8, 4) is 5.88 Å². The van der Waals surface area contributed by atoms with Crippen LogP contribution in [0.15, 0.2) is 6.07 Å². The van der Waals surface area contributed by atoms with E-state index in [0.717, 1.165) is 0 Å². The first-order valence-electron chi connectivity index (χ1n) is 4.65. The van der Waals surface area contributed by atoms with Crippen molar-refractivity contribution in [2.75, 3.05) is 5.73 Å². The van der Waals surface area contributed by atoms with Crippen molar-refractivity contribution in [1.82, 2.24) is 4.98 Å². The summed E-state index contributed by atoms with van der Waals surface area (Å²) in [6.45, 7) is 0. The Morgan fingerprint density at radius 2 is 2.05 bits per heavy atom. The fraction of sp³-hybridized carbons (Fsp3) is 0.333. The standard InChI is InChI=1S/C9H7F5N2O3/c10-6(11)4-1-3(2-5(17)18)7(15)16-8(4)19-9(12,13)14/h1,6H,2H2,(H2,15,16)(H,17,18). The Bertz CT molecular complexity index is 489. The zero-order chi connectivity index (χ0) is 14.8. The van der Waals surface area contributed by atoms with Crippen molar-refractivity contribution in [2.24, 2.45) is 0 Å². The first-order chi connectivity index (χ1) is 8.60. The Kier molecular flexibility index (Phi) is 4.12. The van der Waals surface area contributed by atoms with Gasteiger partial charge in [0.1, 0.15) is 5.82 Å². The SMILES string of the molecule is Nc1nc(OC(F)(F)F)c(C(F)F)cc1CC(=O)O. The van der Waals surface area contributed by atoms with Crippen molar-refractivity contribution in [3.63, 3.8) is 0 Å². The summed E-state index contributed by atoms with van der Waals surface area (Å²) < 4.78 is 64.4. The van der Waals surface area contributed by atoms with Crippen molar-refractivity contribution >= 4 is 11.8 Å². The van der Waals surface area contributed by atoms with Gasteiger partial charge in [-0.1, -0.05) is 0 Å². The number of nitrogen functional groups attached to an aromatic ring is 1. The van der Waals surface area contributed by atoms with Gasteiger partial charge in [0.25, 0.3) is 6.43 Å². The highest BCUT2D eigenvalue weighted by atomic mass is 19.4. The maximum absolute atomic E-state index is 12.6. The number of carboxylic acid groups (broad SMARTS) is 1. The Hall–Kier alpha value is -2.13. The molecule has 1 aromatic rings. The van der Waals surface area contributed by atoms with Crippen LogP contribution in [0.1, 0.15) is 17.6 Å². The molecule has 0 aromatic carbocycles. The van der Waals surface area contributed by atoms with Crippen molar-refractivity contribution in [3.05, 3.63) is 17.2 Å². The van der Waals surface area contributed by atoms with E-state index in [1.54, 1.807) is 0 Å². The molecule has 0 radical (unpaired) electrons. The molecule has 0 aliphatic heterocycles. The second-order valence-corrected chi connectivity index (χ2v) is 3.35. The topological polar surface area (TPSA) is 85.4 Å². The van der Waals surface area contributed by atoms with Gasteiger partial charge in [-0.3, -0.25) is 4.79 Å². The number of carboxylic acids is 1. The number of rotatable bonds is 4. The molecule has 0 amide bonds. The van der Waals surface area contributed by atoms with E-state index in [2.05, 4.69) is 9.72 Å². The van der Waals surface area contributed by atoms with Gasteiger partial charge < -0.3 is 15.6 Å². The number of aromatic nitrogens is 1. The van der Waals surface area contributed by atoms with E-state index >= 15 is 0 Å². The molecule has 0 fully saturated rings. The van der Waals surface area contributed by atoms with Crippen molar-refractivity contribution in [2.45, 2.75) is 19.2 Å². The van der Waals surface area contributed by atoms with Gasteiger partial charge in [0, 0.05) is 5.56 Å². The Balaban J connectivity index is 3.25. The highest BCUT2D eigenvalue weighted by Crippen LogP contribution is 2.33. The smallest absolute Gasteiger partial charge is 0.481 e. The molecule has 0 aliphatic carbocycles. The molecule has 0 aliphatic rings. The monoisotopic (exact) mass is 286 g/mol. The number of carbonyl (C=O) groups is 1. The summed E-state index contributed by atoms with van der Waals surface area (Å²) in [5.41, 5.74) is 3.69. The summed E-state index contributed by atoms with van der Waals surface area (Å²) in [5, 5.41) is 8.49. The van der Waals surface area contributed by atoms with E-state index in [-0.39, 0.29) is 5.56 Å². The number of anilines is 1. The summed E-state index contributed by atoms with van der Waals surface area (Å²) in [6, 6.07) is 0.530. The van der Waals surface area contributed by atoms with Gasteiger partial charge in [0.2, 0.25) is 5.88 Å². The first-order valence-corrected chi connectivity index (χ1v) is 4.65. The van der Waals surface area contributed by atoms with Crippen LogP contribution in [0.3, 0.4) is 0 Å². The molecule has 1 aromatic heterocycles. The third-order valence-corrected chi connectivity index (χ3v) is 1.92. The summed E-state index contributed by atoms with van der Waals surface area (Å²) in [7, 11) is 0. The average molecular weight is 286 g/mol. The van der Waals surface area contributed by atoms with E-state index in [1.165, 1.54) is 0 Å². The quantitative estimate of drug-likeness (QED) is 0.828. The lowest BCUT2D eigenvalue weighted by Gasteiger charge is -2.14. The number of pyridine rings is 1. The fourth-order valence-corrected chi connectivity index (χ4v) is 1.22. The lowest BCUT2D eigenvalue weighted by Crippen LogP contribution is -2.20. The van der Waals surface area contributed by atoms with Crippen molar-refractivity contribution in [1.29, 1.82) is 0 Å². The lowest BCUT2D eigenvalue weighted by molar-refractivity contribution is -0.276. The highest BCUT2D eigenvalue weighted by molar-refractivity contribution is 5.72. The van der Waals surface area contributed by atoms with E-state index in [4.69, 9.17) is 10.8 Å². The second-order valence-electron chi connectivity index (χ2n) is 3.35. The molecule has 0 saturated carbocycles. The average Bonchev–Trinajstić information content (AvgIpc) is 2.18. The Labute approximate surface area is 102 Å². The van der Waals surface area contributed by atoms with E-state index in [1.807, 2.05) is 0 Å². The van der Waals surface area contributed by atoms with Gasteiger partial charge in [-0.05, 0) is 6.07 Å². The first kappa shape index (κ1) is 14.9. The number of hydrogen-bond acceptors (Lipinski definition) is 4. The molecule has 1 heterocycles. The van der Waals surface area contributed by atoms with Gasteiger partial charge in [0.05, 0.1) is 12.0 Å². The summed E-state index contributed by atoms with van der Waals surface area (Å²) in [6.07, 6.45) is -9.28. The molecule has 0 atom stereocenters. The largest absolute Gasteiger partial charge is 0.574 e. The van der Waals surface area contributed by atoms with E-state index < -0.39 is 42.4 Å². The minimum Gasteiger partial charge on any atom is -0.481 e. The molecule has 0 unspecified atom stereocenters. The van der Waals surface area contributed by atoms with Crippen LogP contribution < -0.4 is 10.5 Å². The minimum absolute atomic E-state index is 0.322. The normalized spacial score (nSPS) is 11.7. The Morgan fingerprint density at radius 3 is 2.47 bits per heavy atom. The van der Waals surface area contributed by atoms with Gasteiger partial charge in [-0.2, -0.15) is 4.98 Å². The van der Waals surface area contributed by atoms with E-state index in [9.17, 15) is 26.7 Å². The van der Waals surface area contributed by atoms with Crippen LogP contribution in [-0.4, -0.2) is 22.4 Å². The number of alkyl halides is 5. The molecule has 10 heteroatoms. The number of aliphatic carboxylic acids is 1. The number of ether oxygens (including phenoxy) is 1. The molecule has 5 nitrogen and oxygen atoms in total. The van der Waals surface area contributed by atoms with Crippen LogP contribution in [0.2, 0.25) is 0 Å². The van der Waals surface area contributed by atoms with Gasteiger partial charge in [-0.15, -0.1) is 13.2 Å². The summed E-state index contributed by atoms with van der Waals surface area (Å²) in [5.74, 6) is -3.40. The summed E-state index contributed by atoms with van der Waals surface area (Å²) in [4.78, 5) is 13.5. The summed E-state index contributed by atoms with van der Waals surface area (Å²) >= 11 is 0. The van der Waals surface area contributed by atoms with E-state index in [0.29, 0.717) is 6.07 Å². The molecule has 0 spiro atoms. The third-order valence-electron chi connectivity index (χ3n) is 1.92. The minimum atomic E-state index is -5.21. The van der Waals surface area contributed by atoms with Crippen LogP contribution in [0.5, 0.6) is 5.88 Å². The molecule has 19 heavy (non-hydrogen) atoms. The third kappa shape index (κ3) is 4.23. The molecule has 0 bridgehead atoms. The number of nitrogens with two attached hydrogens (primary N) is 1. The maximum atomic E-state index is 12.6. The van der Waals surface area contributed by atoms with Crippen LogP contribution in [0, 0.1) is 0 Å². The fourth-order valence-electron chi connectivity index (χ4n) is 1.22. The molecule has 1 rings (SSSR count). The number of hydrogen-bond donors (Lipinski definition) is 2. The van der Waals surface area contributed by atoms with Crippen LogP contribution >= 0.6 is 0 Å².